The van der Waals surface area contributed by atoms with Gasteiger partial charge in [-0.2, -0.15) is 0 Å². The number of hydrogen-bond acceptors (Lipinski definition) is 3. The molecule has 0 saturated carbocycles. The van der Waals surface area contributed by atoms with Crippen LogP contribution in [0, 0.1) is 26.6 Å². The zero-order valence-electron chi connectivity index (χ0n) is 12.1. The number of aryl methyl sites for hydroxylation is 3. The summed E-state index contributed by atoms with van der Waals surface area (Å²) in [7, 11) is -3.69. The molecule has 0 aliphatic heterocycles. The van der Waals surface area contributed by atoms with Crippen molar-refractivity contribution in [1.82, 2.24) is 9.71 Å². The van der Waals surface area contributed by atoms with Crippen LogP contribution in [0.5, 0.6) is 0 Å². The fourth-order valence-corrected chi connectivity index (χ4v) is 3.72. The lowest BCUT2D eigenvalue weighted by atomic mass is 10.1. The van der Waals surface area contributed by atoms with Crippen molar-refractivity contribution in [3.63, 3.8) is 0 Å². The van der Waals surface area contributed by atoms with E-state index in [0.717, 1.165) is 11.1 Å². The maximum Gasteiger partial charge on any atom is 0.241 e. The van der Waals surface area contributed by atoms with E-state index < -0.39 is 15.8 Å². The van der Waals surface area contributed by atoms with E-state index in [2.05, 4.69) is 9.71 Å². The highest BCUT2D eigenvalue weighted by Crippen LogP contribution is 2.21. The molecular weight excluding hydrogens is 291 g/mol. The molecule has 2 rings (SSSR count). The number of nitrogens with one attached hydrogen (secondary N) is 1. The van der Waals surface area contributed by atoms with Crippen LogP contribution in [0.15, 0.2) is 35.5 Å². The third-order valence-corrected chi connectivity index (χ3v) is 4.99. The number of halogens is 1. The van der Waals surface area contributed by atoms with Crippen molar-refractivity contribution in [2.24, 2.45) is 0 Å². The minimum absolute atomic E-state index is 0.135. The number of sulfonamides is 1. The molecule has 0 spiro atoms. The second-order valence-corrected chi connectivity index (χ2v) is 6.70. The van der Waals surface area contributed by atoms with E-state index in [1.165, 1.54) is 12.1 Å². The van der Waals surface area contributed by atoms with Crippen LogP contribution < -0.4 is 4.72 Å². The van der Waals surface area contributed by atoms with Gasteiger partial charge < -0.3 is 0 Å². The molecule has 0 radical (unpaired) electrons. The second kappa shape index (κ2) is 5.91. The van der Waals surface area contributed by atoms with Gasteiger partial charge in [-0.1, -0.05) is 0 Å². The molecule has 21 heavy (non-hydrogen) atoms. The topological polar surface area (TPSA) is 59.1 Å². The van der Waals surface area contributed by atoms with Crippen molar-refractivity contribution >= 4 is 10.0 Å². The summed E-state index contributed by atoms with van der Waals surface area (Å²) in [6.07, 6.45) is 3.29. The van der Waals surface area contributed by atoms with Crippen molar-refractivity contribution in [3.8, 4) is 0 Å². The van der Waals surface area contributed by atoms with E-state index in [0.29, 0.717) is 11.1 Å². The van der Waals surface area contributed by atoms with Gasteiger partial charge in [-0.15, -0.1) is 0 Å². The first kappa shape index (κ1) is 15.6. The smallest absolute Gasteiger partial charge is 0.241 e. The van der Waals surface area contributed by atoms with Gasteiger partial charge in [0, 0.05) is 18.9 Å². The third-order valence-electron chi connectivity index (χ3n) is 3.28. The van der Waals surface area contributed by atoms with E-state index in [1.807, 2.05) is 6.92 Å². The Bertz CT molecular complexity index is 750. The minimum atomic E-state index is -3.69. The molecule has 1 N–H and O–H groups in total. The van der Waals surface area contributed by atoms with E-state index >= 15 is 0 Å². The fourth-order valence-electron chi connectivity index (χ4n) is 2.27. The summed E-state index contributed by atoms with van der Waals surface area (Å²) >= 11 is 0. The molecule has 0 unspecified atom stereocenters. The van der Waals surface area contributed by atoms with Crippen molar-refractivity contribution in [1.29, 1.82) is 0 Å². The van der Waals surface area contributed by atoms with E-state index in [9.17, 15) is 12.8 Å². The first-order valence-electron chi connectivity index (χ1n) is 6.47. The summed E-state index contributed by atoms with van der Waals surface area (Å²) in [5, 5.41) is 0. The number of nitrogens with zero attached hydrogens (tertiary/aromatic N) is 1. The predicted octanol–water partition coefficient (Wildman–Crippen LogP) is 2.62. The van der Waals surface area contributed by atoms with E-state index in [1.54, 1.807) is 32.3 Å². The Balaban J connectivity index is 2.30. The van der Waals surface area contributed by atoms with Gasteiger partial charge in [-0.25, -0.2) is 17.5 Å². The summed E-state index contributed by atoms with van der Waals surface area (Å²) in [4.78, 5) is 4.10. The molecule has 6 heteroatoms. The Kier molecular flexibility index (Phi) is 4.39. The maximum atomic E-state index is 13.3. The van der Waals surface area contributed by atoms with E-state index in [4.69, 9.17) is 0 Å². The monoisotopic (exact) mass is 308 g/mol. The van der Waals surface area contributed by atoms with Gasteiger partial charge >= 0.3 is 0 Å². The molecule has 0 amide bonds. The Morgan fingerprint density at radius 1 is 1.14 bits per heavy atom. The van der Waals surface area contributed by atoms with Crippen LogP contribution in [0.25, 0.3) is 0 Å². The van der Waals surface area contributed by atoms with Gasteiger partial charge in [0.1, 0.15) is 5.82 Å². The molecule has 2 aromatic rings. The number of pyridine rings is 1. The lowest BCUT2D eigenvalue weighted by Crippen LogP contribution is -2.25. The lowest BCUT2D eigenvalue weighted by molar-refractivity contribution is 0.578. The van der Waals surface area contributed by atoms with Crippen molar-refractivity contribution in [2.75, 3.05) is 0 Å². The minimum Gasteiger partial charge on any atom is -0.264 e. The van der Waals surface area contributed by atoms with Crippen molar-refractivity contribution in [2.45, 2.75) is 32.2 Å². The molecule has 1 aromatic heterocycles. The van der Waals surface area contributed by atoms with Gasteiger partial charge in [0.25, 0.3) is 0 Å². The quantitative estimate of drug-likeness (QED) is 0.944. The lowest BCUT2D eigenvalue weighted by Gasteiger charge is -2.13. The van der Waals surface area contributed by atoms with Gasteiger partial charge in [-0.3, -0.25) is 4.98 Å². The Hall–Kier alpha value is -1.79. The SMILES string of the molecule is Cc1cnccc1CNS(=O)(=O)c1c(C)cc(F)cc1C. The second-order valence-electron chi connectivity index (χ2n) is 5.00. The molecule has 0 aliphatic carbocycles. The molecule has 0 fully saturated rings. The first-order valence-corrected chi connectivity index (χ1v) is 7.95. The average Bonchev–Trinajstić information content (AvgIpc) is 2.36. The van der Waals surface area contributed by atoms with Crippen LogP contribution in [0.2, 0.25) is 0 Å². The summed E-state index contributed by atoms with van der Waals surface area (Å²) in [6.45, 7) is 5.21. The highest BCUT2D eigenvalue weighted by molar-refractivity contribution is 7.89. The van der Waals surface area contributed by atoms with Crippen LogP contribution in [-0.4, -0.2) is 13.4 Å². The number of aromatic nitrogens is 1. The molecule has 1 heterocycles. The molecule has 4 nitrogen and oxygen atoms in total. The largest absolute Gasteiger partial charge is 0.264 e. The Labute approximate surface area is 124 Å². The van der Waals surface area contributed by atoms with Crippen molar-refractivity contribution < 1.29 is 12.8 Å². The zero-order chi connectivity index (χ0) is 15.6. The summed E-state index contributed by atoms with van der Waals surface area (Å²) in [5.41, 5.74) is 2.55. The molecule has 0 aliphatic rings. The van der Waals surface area contributed by atoms with Crippen LogP contribution >= 0.6 is 0 Å². The van der Waals surface area contributed by atoms with Crippen LogP contribution in [0.1, 0.15) is 22.3 Å². The van der Waals surface area contributed by atoms with Crippen LogP contribution in [0.3, 0.4) is 0 Å². The fraction of sp³-hybridized carbons (Fsp3) is 0.267. The zero-order valence-corrected chi connectivity index (χ0v) is 13.0. The maximum absolute atomic E-state index is 13.3. The Morgan fingerprint density at radius 3 is 2.33 bits per heavy atom. The van der Waals surface area contributed by atoms with Gasteiger partial charge in [-0.05, 0) is 61.2 Å². The van der Waals surface area contributed by atoms with E-state index in [-0.39, 0.29) is 11.4 Å². The van der Waals surface area contributed by atoms with Gasteiger partial charge in [0.2, 0.25) is 10.0 Å². The highest BCUT2D eigenvalue weighted by atomic mass is 32.2. The number of benzene rings is 1. The van der Waals surface area contributed by atoms with Crippen LogP contribution in [0.4, 0.5) is 4.39 Å². The highest BCUT2D eigenvalue weighted by Gasteiger charge is 2.20. The Morgan fingerprint density at radius 2 is 1.76 bits per heavy atom. The van der Waals surface area contributed by atoms with Gasteiger partial charge in [0.05, 0.1) is 4.90 Å². The summed E-state index contributed by atoms with van der Waals surface area (Å²) in [5.74, 6) is -0.436. The van der Waals surface area contributed by atoms with Crippen molar-refractivity contribution in [3.05, 3.63) is 58.7 Å². The standard InChI is InChI=1S/C15H17FN2O2S/c1-10-6-14(16)7-11(2)15(10)21(19,20)18-9-13-4-5-17-8-12(13)3/h4-8,18H,9H2,1-3H3. The number of hydrogen-bond donors (Lipinski definition) is 1. The summed E-state index contributed by atoms with van der Waals surface area (Å²) in [6, 6.07) is 4.21. The van der Waals surface area contributed by atoms with Crippen LogP contribution in [-0.2, 0) is 16.6 Å². The molecule has 1 aromatic carbocycles. The van der Waals surface area contributed by atoms with Gasteiger partial charge in [0.15, 0.2) is 0 Å². The average molecular weight is 308 g/mol. The number of rotatable bonds is 4. The summed E-state index contributed by atoms with van der Waals surface area (Å²) < 4.78 is 40.7. The normalized spacial score (nSPS) is 11.6. The molecule has 0 bridgehead atoms. The molecule has 0 saturated heterocycles. The first-order chi connectivity index (χ1) is 9.81. The third kappa shape index (κ3) is 3.46. The predicted molar refractivity (Wildman–Crippen MR) is 78.9 cm³/mol. The molecule has 0 atom stereocenters. The molecule has 112 valence electrons. The molecular formula is C15H17FN2O2S.